The Morgan fingerprint density at radius 1 is 1.78 bits per heavy atom. The molecule has 1 rings (SSSR count). The van der Waals surface area contributed by atoms with Gasteiger partial charge in [0.1, 0.15) is 0 Å². The van der Waals surface area contributed by atoms with E-state index in [1.54, 1.807) is 0 Å². The van der Waals surface area contributed by atoms with E-state index in [0.717, 1.165) is 18.7 Å². The molecule has 0 bridgehead atoms. The van der Waals surface area contributed by atoms with Crippen LogP contribution in [0.1, 0.15) is 0 Å². The third-order valence-corrected chi connectivity index (χ3v) is 1.37. The molecule has 0 aromatic heterocycles. The van der Waals surface area contributed by atoms with Gasteiger partial charge in [-0.15, -0.1) is 0 Å². The summed E-state index contributed by atoms with van der Waals surface area (Å²) in [6.07, 6.45) is 2.07. The van der Waals surface area contributed by atoms with Gasteiger partial charge in [-0.2, -0.15) is 0 Å². The van der Waals surface area contributed by atoms with E-state index in [-0.39, 0.29) is 50.7 Å². The summed E-state index contributed by atoms with van der Waals surface area (Å²) in [5.41, 5.74) is 1.15. The van der Waals surface area contributed by atoms with Crippen molar-refractivity contribution in [3.8, 4) is 0 Å². The normalized spacial score (nSPS) is 19.1. The van der Waals surface area contributed by atoms with Crippen molar-refractivity contribution in [2.75, 3.05) is 26.7 Å². The van der Waals surface area contributed by atoms with E-state index in [1.807, 2.05) is 7.05 Å². The van der Waals surface area contributed by atoms with Crippen LogP contribution in [0.15, 0.2) is 11.6 Å². The molecular formula is C6H11AcNO. The molecule has 0 saturated heterocycles. The van der Waals surface area contributed by atoms with Gasteiger partial charge in [0, 0.05) is 57.2 Å². The Morgan fingerprint density at radius 3 is 2.67 bits per heavy atom. The fourth-order valence-corrected chi connectivity index (χ4v) is 0.875. The van der Waals surface area contributed by atoms with Crippen LogP contribution in [-0.2, 0) is 0 Å². The topological polar surface area (TPSA) is 23.5 Å². The Labute approximate surface area is 91.5 Å². The molecule has 0 spiro atoms. The fourth-order valence-electron chi connectivity index (χ4n) is 0.875. The maximum absolute atomic E-state index is 8.59. The average molecular weight is 340 g/mol. The van der Waals surface area contributed by atoms with Crippen LogP contribution in [0.5, 0.6) is 0 Å². The number of hydrogen-bond donors (Lipinski definition) is 1. The molecule has 1 heterocycles. The van der Waals surface area contributed by atoms with Crippen molar-refractivity contribution in [3.63, 3.8) is 0 Å². The Balaban J connectivity index is 0.000000640. The van der Waals surface area contributed by atoms with E-state index < -0.39 is 0 Å². The van der Waals surface area contributed by atoms with Crippen molar-refractivity contribution in [2.45, 2.75) is 0 Å². The Morgan fingerprint density at radius 2 is 2.44 bits per heavy atom. The molecule has 1 aliphatic heterocycles. The van der Waals surface area contributed by atoms with Gasteiger partial charge in [-0.25, -0.2) is 0 Å². The molecular weight excluding hydrogens is 329 g/mol. The van der Waals surface area contributed by atoms with Gasteiger partial charge in [-0.05, 0) is 12.6 Å². The number of hydrogen-bond acceptors (Lipinski definition) is 2. The number of rotatable bonds is 1. The maximum Gasteiger partial charge on any atom is 0.0654 e. The number of aliphatic hydroxyl groups is 1. The minimum atomic E-state index is 0. The molecule has 0 fully saturated rings. The number of aliphatic hydroxyl groups excluding tert-OH is 1. The predicted molar refractivity (Wildman–Crippen MR) is 32.7 cm³/mol. The van der Waals surface area contributed by atoms with Gasteiger partial charge in [0.2, 0.25) is 0 Å². The van der Waals surface area contributed by atoms with Crippen molar-refractivity contribution in [1.29, 1.82) is 0 Å². The predicted octanol–water partition coefficient (Wildman–Crippen LogP) is -0.149. The zero-order chi connectivity index (χ0) is 5.98. The summed E-state index contributed by atoms with van der Waals surface area (Å²) in [6.45, 7) is 2.16. The smallest absolute Gasteiger partial charge is 0.0654 e. The summed E-state index contributed by atoms with van der Waals surface area (Å²) in [5, 5.41) is 8.59. The first kappa shape index (κ1) is 10.1. The summed E-state index contributed by atoms with van der Waals surface area (Å²) in [7, 11) is 2.04. The van der Waals surface area contributed by atoms with E-state index in [1.165, 1.54) is 0 Å². The standard InChI is InChI=1S/C6H11NO.Ac/c1-7-3-2-6(4-7)5-8;/h2,8H,3-5H2,1H3;. The molecule has 0 saturated carbocycles. The van der Waals surface area contributed by atoms with Gasteiger partial charge in [-0.1, -0.05) is 6.08 Å². The van der Waals surface area contributed by atoms with Crippen LogP contribution < -0.4 is 0 Å². The Bertz CT molecular complexity index is 114. The van der Waals surface area contributed by atoms with E-state index in [9.17, 15) is 0 Å². The summed E-state index contributed by atoms with van der Waals surface area (Å²) >= 11 is 0. The second-order valence-electron chi connectivity index (χ2n) is 2.22. The quantitative estimate of drug-likeness (QED) is 0.672. The Hall–Kier alpha value is 1.10. The van der Waals surface area contributed by atoms with Gasteiger partial charge in [0.05, 0.1) is 6.61 Å². The average Bonchev–Trinajstić information content (AvgIpc) is 2.14. The van der Waals surface area contributed by atoms with E-state index >= 15 is 0 Å². The summed E-state index contributed by atoms with van der Waals surface area (Å²) in [4.78, 5) is 2.16. The van der Waals surface area contributed by atoms with Gasteiger partial charge < -0.3 is 5.11 Å². The molecule has 0 aliphatic carbocycles. The zero-order valence-corrected chi connectivity index (χ0v) is 10.4. The van der Waals surface area contributed by atoms with Crippen molar-refractivity contribution in [1.82, 2.24) is 4.90 Å². The van der Waals surface area contributed by atoms with Crippen LogP contribution in [0.3, 0.4) is 0 Å². The van der Waals surface area contributed by atoms with Crippen LogP contribution in [0.2, 0.25) is 0 Å². The van der Waals surface area contributed by atoms with Crippen LogP contribution in [-0.4, -0.2) is 36.8 Å². The van der Waals surface area contributed by atoms with E-state index in [0.29, 0.717) is 0 Å². The molecule has 0 aromatic rings. The summed E-state index contributed by atoms with van der Waals surface area (Å²) in [6, 6.07) is 0. The first-order valence-corrected chi connectivity index (χ1v) is 2.80. The molecule has 0 atom stereocenters. The van der Waals surface area contributed by atoms with Gasteiger partial charge >= 0.3 is 0 Å². The third-order valence-electron chi connectivity index (χ3n) is 1.37. The second kappa shape index (κ2) is 4.85. The molecule has 3 heteroatoms. The third kappa shape index (κ3) is 3.13. The van der Waals surface area contributed by atoms with Gasteiger partial charge in [-0.3, -0.25) is 4.90 Å². The van der Waals surface area contributed by atoms with E-state index in [4.69, 9.17) is 5.11 Å². The molecule has 9 heavy (non-hydrogen) atoms. The van der Waals surface area contributed by atoms with Crippen molar-refractivity contribution >= 4 is 0 Å². The number of likely N-dealkylation sites (N-methyl/N-ethyl adjacent to an activating group) is 1. The van der Waals surface area contributed by atoms with Crippen molar-refractivity contribution in [3.05, 3.63) is 11.6 Å². The summed E-state index contributed by atoms with van der Waals surface area (Å²) in [5.74, 6) is 0. The van der Waals surface area contributed by atoms with Gasteiger partial charge in [0.25, 0.3) is 0 Å². The van der Waals surface area contributed by atoms with Gasteiger partial charge in [0.15, 0.2) is 0 Å². The van der Waals surface area contributed by atoms with Crippen molar-refractivity contribution < 1.29 is 49.2 Å². The van der Waals surface area contributed by atoms with E-state index in [2.05, 4.69) is 11.0 Å². The monoisotopic (exact) mass is 340 g/mol. The molecule has 1 aliphatic rings. The molecule has 1 radical (unpaired) electrons. The molecule has 49 valence electrons. The van der Waals surface area contributed by atoms with Crippen molar-refractivity contribution in [2.24, 2.45) is 0 Å². The zero-order valence-electron chi connectivity index (χ0n) is 5.67. The second-order valence-corrected chi connectivity index (χ2v) is 2.22. The minimum absolute atomic E-state index is 0. The fraction of sp³-hybridized carbons (Fsp3) is 0.667. The largest absolute Gasteiger partial charge is 0.392 e. The molecule has 0 amide bonds. The first-order valence-electron chi connectivity index (χ1n) is 2.80. The minimum Gasteiger partial charge on any atom is -0.392 e. The molecule has 0 unspecified atom stereocenters. The molecule has 1 N–H and O–H groups in total. The first-order chi connectivity index (χ1) is 3.83. The van der Waals surface area contributed by atoms with Crippen LogP contribution in [0.4, 0.5) is 0 Å². The number of nitrogens with zero attached hydrogens (tertiary/aromatic N) is 1. The SMILES string of the molecule is CN1CC=C(CO)C1.[Ac]. The van der Waals surface area contributed by atoms with Crippen LogP contribution >= 0.6 is 0 Å². The summed E-state index contributed by atoms with van der Waals surface area (Å²) < 4.78 is 0. The van der Waals surface area contributed by atoms with Crippen LogP contribution in [0.25, 0.3) is 0 Å². The Kier molecular flexibility index (Phi) is 5.44. The maximum atomic E-state index is 8.59. The molecule has 2 nitrogen and oxygen atoms in total. The van der Waals surface area contributed by atoms with Crippen LogP contribution in [0, 0.1) is 44.1 Å². The molecule has 0 aromatic carbocycles.